The van der Waals surface area contributed by atoms with Crippen molar-refractivity contribution in [1.82, 2.24) is 0 Å². The second kappa shape index (κ2) is 14.7. The molecule has 1 rings (SSSR count). The number of phenolic OH excluding ortho intramolecular Hbond substituents is 1. The molecule has 0 aromatic heterocycles. The van der Waals surface area contributed by atoms with Gasteiger partial charge in [-0.15, -0.1) is 0 Å². The number of phenols is 1. The molecule has 0 aliphatic rings. The van der Waals surface area contributed by atoms with Crippen LogP contribution in [0.5, 0.6) is 5.75 Å². The number of aryl methyl sites for hydroxylation is 1. The summed E-state index contributed by atoms with van der Waals surface area (Å²) in [6.45, 7) is 2.25. The van der Waals surface area contributed by atoms with Gasteiger partial charge in [0.2, 0.25) is 0 Å². The van der Waals surface area contributed by atoms with E-state index in [0.717, 1.165) is 12.0 Å². The van der Waals surface area contributed by atoms with Crippen LogP contribution in [0, 0.1) is 0 Å². The monoisotopic (exact) mass is 341 g/mol. The van der Waals surface area contributed by atoms with Gasteiger partial charge in [0.15, 0.2) is 0 Å². The number of aromatic hydroxyl groups is 1. The average Bonchev–Trinajstić information content (AvgIpc) is 2.38. The molecule has 0 fully saturated rings. The van der Waals surface area contributed by atoms with E-state index in [1.165, 1.54) is 44.9 Å². The molecule has 0 heterocycles. The van der Waals surface area contributed by atoms with E-state index in [0.29, 0.717) is 5.75 Å². The summed E-state index contributed by atoms with van der Waals surface area (Å²) in [5.74, 6) is 0.452. The number of rotatable bonds is 8. The van der Waals surface area contributed by atoms with Crippen LogP contribution in [0.25, 0.3) is 0 Å². The molecule has 0 bridgehead atoms. The molecule has 0 aliphatic heterocycles. The molecular formula is C15H27NaO5P. The Morgan fingerprint density at radius 2 is 1.36 bits per heavy atom. The van der Waals surface area contributed by atoms with E-state index in [4.69, 9.17) is 19.2 Å². The Balaban J connectivity index is 0. The molecule has 0 aliphatic carbocycles. The van der Waals surface area contributed by atoms with Crippen LogP contribution < -0.4 is 0 Å². The van der Waals surface area contributed by atoms with Gasteiger partial charge in [-0.25, -0.2) is 4.57 Å². The average molecular weight is 341 g/mol. The maximum absolute atomic E-state index is 9.58. The minimum Gasteiger partial charge on any atom is -0.508 e. The topological polar surface area (TPSA) is 98.0 Å². The zero-order valence-electron chi connectivity index (χ0n) is 13.6. The van der Waals surface area contributed by atoms with Crippen LogP contribution in [0.4, 0.5) is 0 Å². The van der Waals surface area contributed by atoms with Gasteiger partial charge in [-0.3, -0.25) is 0 Å². The van der Waals surface area contributed by atoms with Gasteiger partial charge >= 0.3 is 7.82 Å². The fourth-order valence-corrected chi connectivity index (χ4v) is 1.99. The van der Waals surface area contributed by atoms with Crippen LogP contribution in [0.15, 0.2) is 24.3 Å². The first-order chi connectivity index (χ1) is 9.84. The second-order valence-electron chi connectivity index (χ2n) is 5.01. The van der Waals surface area contributed by atoms with Crippen molar-refractivity contribution < 1.29 is 24.4 Å². The van der Waals surface area contributed by atoms with Crippen molar-refractivity contribution >= 4 is 37.4 Å². The summed E-state index contributed by atoms with van der Waals surface area (Å²) < 4.78 is 8.88. The molecule has 0 unspecified atom stereocenters. The van der Waals surface area contributed by atoms with Gasteiger partial charge in [0.05, 0.1) is 0 Å². The summed E-state index contributed by atoms with van der Waals surface area (Å²) in [6.07, 6.45) is 10.3. The molecule has 0 saturated carbocycles. The maximum Gasteiger partial charge on any atom is 0.466 e. The first kappa shape index (κ1) is 24.4. The Kier molecular flexibility index (Phi) is 16.3. The van der Waals surface area contributed by atoms with Gasteiger partial charge in [-0.05, 0) is 24.5 Å². The van der Waals surface area contributed by atoms with E-state index >= 15 is 0 Å². The third-order valence-corrected chi connectivity index (χ3v) is 3.04. The van der Waals surface area contributed by atoms with Gasteiger partial charge in [-0.1, -0.05) is 63.6 Å². The normalized spacial score (nSPS) is 10.4. The Morgan fingerprint density at radius 1 is 0.909 bits per heavy atom. The molecule has 123 valence electrons. The van der Waals surface area contributed by atoms with E-state index in [9.17, 15) is 5.11 Å². The third-order valence-electron chi connectivity index (χ3n) is 3.04. The molecule has 0 atom stereocenters. The van der Waals surface area contributed by atoms with E-state index < -0.39 is 7.82 Å². The van der Waals surface area contributed by atoms with Crippen molar-refractivity contribution in [2.24, 2.45) is 0 Å². The van der Waals surface area contributed by atoms with Gasteiger partial charge in [0, 0.05) is 29.6 Å². The van der Waals surface area contributed by atoms with Crippen LogP contribution in [-0.4, -0.2) is 49.3 Å². The summed E-state index contributed by atoms with van der Waals surface area (Å²) in [5, 5.41) is 9.58. The van der Waals surface area contributed by atoms with Crippen LogP contribution in [0.3, 0.4) is 0 Å². The summed E-state index contributed by atoms with van der Waals surface area (Å²) >= 11 is 0. The number of phosphoric acid groups is 1. The van der Waals surface area contributed by atoms with E-state index in [-0.39, 0.29) is 29.6 Å². The maximum atomic E-state index is 9.58. The van der Waals surface area contributed by atoms with Crippen LogP contribution >= 0.6 is 7.82 Å². The van der Waals surface area contributed by atoms with E-state index in [1.807, 2.05) is 18.2 Å². The molecule has 1 aromatic carbocycles. The van der Waals surface area contributed by atoms with E-state index in [2.05, 4.69) is 6.92 Å². The van der Waals surface area contributed by atoms with Crippen molar-refractivity contribution in [3.8, 4) is 5.75 Å². The molecule has 4 N–H and O–H groups in total. The predicted octanol–water partition coefficient (Wildman–Crippen LogP) is 3.38. The molecule has 1 aromatic rings. The molecule has 22 heavy (non-hydrogen) atoms. The van der Waals surface area contributed by atoms with Crippen LogP contribution in [0.2, 0.25) is 0 Å². The summed E-state index contributed by atoms with van der Waals surface area (Å²) in [4.78, 5) is 21.6. The zero-order valence-corrected chi connectivity index (χ0v) is 16.5. The van der Waals surface area contributed by atoms with Crippen molar-refractivity contribution in [2.45, 2.75) is 58.3 Å². The van der Waals surface area contributed by atoms with Crippen molar-refractivity contribution in [2.75, 3.05) is 0 Å². The summed E-state index contributed by atoms with van der Waals surface area (Å²) in [6, 6.07) is 7.67. The Labute approximate surface area is 155 Å². The van der Waals surface area contributed by atoms with Crippen molar-refractivity contribution in [1.29, 1.82) is 0 Å². The minimum absolute atomic E-state index is 0. The third kappa shape index (κ3) is 18.2. The number of hydrogen-bond acceptors (Lipinski definition) is 2. The van der Waals surface area contributed by atoms with Crippen LogP contribution in [0.1, 0.15) is 57.4 Å². The largest absolute Gasteiger partial charge is 0.508 e. The standard InChI is InChI=1S/C15H24O.Na.H3O4P/c1-2-3-4-5-6-7-8-11-14-12-9-10-13-15(14)16;;1-5(2,3)4/h9-10,12-13,16H,2-8,11H2,1H3;;(H3,1,2,3,4). The minimum atomic E-state index is -4.64. The second-order valence-corrected chi connectivity index (χ2v) is 6.04. The molecule has 0 spiro atoms. The Bertz CT molecular complexity index is 414. The zero-order chi connectivity index (χ0) is 16.1. The van der Waals surface area contributed by atoms with Gasteiger partial charge in [0.25, 0.3) is 0 Å². The van der Waals surface area contributed by atoms with Crippen LogP contribution in [-0.2, 0) is 11.0 Å². The summed E-state index contributed by atoms with van der Waals surface area (Å²) in [5.41, 5.74) is 1.09. The van der Waals surface area contributed by atoms with E-state index in [1.54, 1.807) is 6.07 Å². The number of para-hydroxylation sites is 1. The fraction of sp³-hybridized carbons (Fsp3) is 0.600. The first-order valence-corrected chi connectivity index (χ1v) is 8.96. The predicted molar refractivity (Wildman–Crippen MR) is 89.8 cm³/mol. The van der Waals surface area contributed by atoms with Crippen molar-refractivity contribution in [3.63, 3.8) is 0 Å². The Hall–Kier alpha value is 0.130. The van der Waals surface area contributed by atoms with Gasteiger partial charge < -0.3 is 19.8 Å². The first-order valence-electron chi connectivity index (χ1n) is 7.39. The van der Waals surface area contributed by atoms with Crippen molar-refractivity contribution in [3.05, 3.63) is 29.8 Å². The van der Waals surface area contributed by atoms with Gasteiger partial charge in [-0.2, -0.15) is 0 Å². The quantitative estimate of drug-likeness (QED) is 0.330. The molecule has 5 nitrogen and oxygen atoms in total. The molecule has 7 heteroatoms. The molecule has 0 amide bonds. The summed E-state index contributed by atoms with van der Waals surface area (Å²) in [7, 11) is -4.64. The van der Waals surface area contributed by atoms with Gasteiger partial charge in [0.1, 0.15) is 5.75 Å². The fourth-order valence-electron chi connectivity index (χ4n) is 1.99. The molecule has 0 saturated heterocycles. The number of benzene rings is 1. The Morgan fingerprint density at radius 3 is 1.86 bits per heavy atom. The SMILES string of the molecule is CCCCCCCCCc1ccccc1O.O=P(O)(O)O.[Na]. The molecule has 1 radical (unpaired) electrons. The number of hydrogen-bond donors (Lipinski definition) is 4. The number of unbranched alkanes of at least 4 members (excludes halogenated alkanes) is 6. The smallest absolute Gasteiger partial charge is 0.466 e. The molecular weight excluding hydrogens is 314 g/mol.